The second-order valence-corrected chi connectivity index (χ2v) is 9.65. The lowest BCUT2D eigenvalue weighted by Gasteiger charge is -2.23. The monoisotopic (exact) mass is 546 g/mol. The Bertz CT molecular complexity index is 1270. The SMILES string of the molecule is COC(CNC(=O)OCC1c2ccccc2-c2ccccc21)CC(=O)NC(C(=O)O)C(C)OCc1ccccc1. The van der Waals surface area contributed by atoms with Crippen molar-refractivity contribution in [2.75, 3.05) is 20.3 Å². The number of alkyl carbamates (subject to hydrolysis) is 1. The van der Waals surface area contributed by atoms with E-state index in [1.54, 1.807) is 6.92 Å². The maximum absolute atomic E-state index is 12.6. The van der Waals surface area contributed by atoms with E-state index in [-0.39, 0.29) is 32.1 Å². The van der Waals surface area contributed by atoms with E-state index < -0.39 is 36.2 Å². The van der Waals surface area contributed by atoms with E-state index in [0.717, 1.165) is 27.8 Å². The van der Waals surface area contributed by atoms with E-state index in [9.17, 15) is 19.5 Å². The number of carbonyl (C=O) groups excluding carboxylic acids is 2. The van der Waals surface area contributed by atoms with Gasteiger partial charge in [-0.3, -0.25) is 4.79 Å². The summed E-state index contributed by atoms with van der Waals surface area (Å²) in [6.45, 7) is 1.98. The van der Waals surface area contributed by atoms with E-state index >= 15 is 0 Å². The number of fused-ring (bicyclic) bond motifs is 3. The second-order valence-electron chi connectivity index (χ2n) is 9.65. The summed E-state index contributed by atoms with van der Waals surface area (Å²) in [5.74, 6) is -1.82. The average Bonchev–Trinajstić information content (AvgIpc) is 3.29. The Hall–Kier alpha value is -4.21. The van der Waals surface area contributed by atoms with Gasteiger partial charge in [-0.05, 0) is 34.7 Å². The Morgan fingerprint density at radius 3 is 2.10 bits per heavy atom. The van der Waals surface area contributed by atoms with Crippen LogP contribution in [-0.4, -0.2) is 61.6 Å². The van der Waals surface area contributed by atoms with Gasteiger partial charge in [0.15, 0.2) is 6.04 Å². The molecule has 1 aliphatic rings. The molecule has 3 aromatic carbocycles. The Morgan fingerprint density at radius 2 is 1.50 bits per heavy atom. The summed E-state index contributed by atoms with van der Waals surface area (Å²) in [5, 5.41) is 14.8. The minimum Gasteiger partial charge on any atom is -0.480 e. The number of aliphatic carboxylic acids is 1. The molecule has 0 aliphatic heterocycles. The Morgan fingerprint density at radius 1 is 0.900 bits per heavy atom. The molecule has 0 fully saturated rings. The van der Waals surface area contributed by atoms with Gasteiger partial charge in [-0.15, -0.1) is 0 Å². The quantitative estimate of drug-likeness (QED) is 0.295. The van der Waals surface area contributed by atoms with Crippen LogP contribution >= 0.6 is 0 Å². The molecule has 0 aromatic heterocycles. The largest absolute Gasteiger partial charge is 0.480 e. The van der Waals surface area contributed by atoms with Crippen molar-refractivity contribution >= 4 is 18.0 Å². The van der Waals surface area contributed by atoms with Gasteiger partial charge in [0.2, 0.25) is 5.91 Å². The van der Waals surface area contributed by atoms with Crippen LogP contribution < -0.4 is 10.6 Å². The standard InChI is InChI=1S/C31H34N2O7/c1-20(39-18-21-10-4-3-5-11-21)29(30(35)36)33-28(34)16-22(38-2)17-32-31(37)40-19-27-25-14-8-6-12-23(25)24-13-7-9-15-26(24)27/h3-15,20,22,27,29H,16-19H2,1-2H3,(H,32,37)(H,33,34)(H,35,36). The van der Waals surface area contributed by atoms with Crippen LogP contribution in [0, 0.1) is 0 Å². The van der Waals surface area contributed by atoms with Gasteiger partial charge in [0.05, 0.1) is 25.2 Å². The first-order valence-electron chi connectivity index (χ1n) is 13.2. The van der Waals surface area contributed by atoms with Crippen LogP contribution in [0.15, 0.2) is 78.9 Å². The molecule has 40 heavy (non-hydrogen) atoms. The number of carbonyl (C=O) groups is 3. The molecule has 9 heteroatoms. The second kappa shape index (κ2) is 13.7. The van der Waals surface area contributed by atoms with Gasteiger partial charge < -0.3 is 30.0 Å². The molecule has 0 saturated heterocycles. The van der Waals surface area contributed by atoms with Crippen LogP contribution in [-0.2, 0) is 30.4 Å². The normalized spacial score (nSPS) is 14.3. The molecule has 0 bridgehead atoms. The van der Waals surface area contributed by atoms with E-state index in [0.29, 0.717) is 0 Å². The molecular formula is C31H34N2O7. The third kappa shape index (κ3) is 7.25. The van der Waals surface area contributed by atoms with Crippen molar-refractivity contribution in [1.82, 2.24) is 10.6 Å². The Kier molecular flexibility index (Phi) is 9.88. The smallest absolute Gasteiger partial charge is 0.407 e. The van der Waals surface area contributed by atoms with Crippen molar-refractivity contribution in [1.29, 1.82) is 0 Å². The lowest BCUT2D eigenvalue weighted by atomic mass is 9.98. The highest BCUT2D eigenvalue weighted by molar-refractivity contribution is 5.84. The lowest BCUT2D eigenvalue weighted by molar-refractivity contribution is -0.147. The van der Waals surface area contributed by atoms with Gasteiger partial charge in [0.1, 0.15) is 6.61 Å². The number of methoxy groups -OCH3 is 1. The van der Waals surface area contributed by atoms with E-state index in [4.69, 9.17) is 14.2 Å². The number of benzene rings is 3. The van der Waals surface area contributed by atoms with Crippen LogP contribution in [0.5, 0.6) is 0 Å². The highest BCUT2D eigenvalue weighted by atomic mass is 16.5. The molecule has 3 N–H and O–H groups in total. The van der Waals surface area contributed by atoms with Gasteiger partial charge in [0.25, 0.3) is 0 Å². The molecule has 3 atom stereocenters. The summed E-state index contributed by atoms with van der Waals surface area (Å²) in [6.07, 6.45) is -2.25. The van der Waals surface area contributed by atoms with Gasteiger partial charge in [-0.2, -0.15) is 0 Å². The number of ether oxygens (including phenoxy) is 3. The van der Waals surface area contributed by atoms with Gasteiger partial charge in [0, 0.05) is 19.6 Å². The summed E-state index contributed by atoms with van der Waals surface area (Å²) in [6, 6.07) is 24.2. The molecule has 4 rings (SSSR count). The summed E-state index contributed by atoms with van der Waals surface area (Å²) in [5.41, 5.74) is 5.38. The van der Waals surface area contributed by atoms with Crippen molar-refractivity contribution in [2.24, 2.45) is 0 Å². The lowest BCUT2D eigenvalue weighted by Crippen LogP contribution is -2.49. The molecule has 3 aromatic rings. The fraction of sp³-hybridized carbons (Fsp3) is 0.323. The van der Waals surface area contributed by atoms with Crippen molar-refractivity contribution in [3.8, 4) is 11.1 Å². The molecule has 0 heterocycles. The first-order chi connectivity index (χ1) is 19.4. The number of carboxylic acid groups (broad SMARTS) is 1. The fourth-order valence-electron chi connectivity index (χ4n) is 4.80. The zero-order valence-corrected chi connectivity index (χ0v) is 22.5. The number of rotatable bonds is 13. The highest BCUT2D eigenvalue weighted by Gasteiger charge is 2.30. The molecule has 1 aliphatic carbocycles. The Labute approximate surface area is 233 Å². The maximum atomic E-state index is 12.6. The highest BCUT2D eigenvalue weighted by Crippen LogP contribution is 2.44. The van der Waals surface area contributed by atoms with Gasteiger partial charge >= 0.3 is 12.1 Å². The molecule has 0 spiro atoms. The fourth-order valence-corrected chi connectivity index (χ4v) is 4.80. The number of amides is 2. The zero-order chi connectivity index (χ0) is 28.5. The van der Waals surface area contributed by atoms with Crippen molar-refractivity contribution < 1.29 is 33.7 Å². The summed E-state index contributed by atoms with van der Waals surface area (Å²) >= 11 is 0. The molecule has 3 unspecified atom stereocenters. The van der Waals surface area contributed by atoms with Crippen LogP contribution in [0.2, 0.25) is 0 Å². The predicted molar refractivity (Wildman–Crippen MR) is 149 cm³/mol. The molecule has 210 valence electrons. The maximum Gasteiger partial charge on any atom is 0.407 e. The van der Waals surface area contributed by atoms with Crippen LogP contribution in [0.1, 0.15) is 36.0 Å². The van der Waals surface area contributed by atoms with Crippen molar-refractivity contribution in [2.45, 2.75) is 44.1 Å². The topological polar surface area (TPSA) is 123 Å². The van der Waals surface area contributed by atoms with Crippen molar-refractivity contribution in [3.63, 3.8) is 0 Å². The third-order valence-corrected chi connectivity index (χ3v) is 6.97. The average molecular weight is 547 g/mol. The number of hydrogen-bond donors (Lipinski definition) is 3. The minimum atomic E-state index is -1.25. The Balaban J connectivity index is 1.24. The van der Waals surface area contributed by atoms with Gasteiger partial charge in [-0.1, -0.05) is 78.9 Å². The van der Waals surface area contributed by atoms with E-state index in [1.807, 2.05) is 66.7 Å². The first kappa shape index (κ1) is 28.8. The zero-order valence-electron chi connectivity index (χ0n) is 22.5. The van der Waals surface area contributed by atoms with Crippen molar-refractivity contribution in [3.05, 3.63) is 95.6 Å². The summed E-state index contributed by atoms with van der Waals surface area (Å²) < 4.78 is 16.5. The van der Waals surface area contributed by atoms with Crippen LogP contribution in [0.3, 0.4) is 0 Å². The minimum absolute atomic E-state index is 0.0123. The molecule has 0 saturated carbocycles. The van der Waals surface area contributed by atoms with Crippen LogP contribution in [0.25, 0.3) is 11.1 Å². The summed E-state index contributed by atoms with van der Waals surface area (Å²) in [4.78, 5) is 36.9. The van der Waals surface area contributed by atoms with E-state index in [1.165, 1.54) is 7.11 Å². The number of hydrogen-bond acceptors (Lipinski definition) is 6. The summed E-state index contributed by atoms with van der Waals surface area (Å²) in [7, 11) is 1.41. The molecule has 2 amide bonds. The first-order valence-corrected chi connectivity index (χ1v) is 13.2. The van der Waals surface area contributed by atoms with E-state index in [2.05, 4.69) is 22.8 Å². The molecular weight excluding hydrogens is 512 g/mol. The third-order valence-electron chi connectivity index (χ3n) is 6.97. The predicted octanol–water partition coefficient (Wildman–Crippen LogP) is 4.10. The molecule has 0 radical (unpaired) electrons. The number of nitrogens with one attached hydrogen (secondary N) is 2. The molecule has 9 nitrogen and oxygen atoms in total. The number of carboxylic acids is 1. The van der Waals surface area contributed by atoms with Gasteiger partial charge in [-0.25, -0.2) is 9.59 Å². The van der Waals surface area contributed by atoms with Crippen LogP contribution in [0.4, 0.5) is 4.79 Å².